The van der Waals surface area contributed by atoms with E-state index in [1.54, 1.807) is 14.2 Å². The van der Waals surface area contributed by atoms with Gasteiger partial charge in [0, 0.05) is 0 Å². The van der Waals surface area contributed by atoms with Gasteiger partial charge in [-0.05, 0) is 30.7 Å². The minimum absolute atomic E-state index is 0.548. The molecule has 0 spiro atoms. The maximum atomic E-state index is 5.90. The van der Waals surface area contributed by atoms with Gasteiger partial charge < -0.3 is 9.47 Å². The zero-order chi connectivity index (χ0) is 12.4. The molecule has 5 heteroatoms. The van der Waals surface area contributed by atoms with E-state index >= 15 is 0 Å². The van der Waals surface area contributed by atoms with Crippen LogP contribution in [-0.4, -0.2) is 19.2 Å². The Hall–Kier alpha value is -1.26. The van der Waals surface area contributed by atoms with Crippen molar-refractivity contribution in [1.29, 1.82) is 0 Å². The van der Waals surface area contributed by atoms with Crippen LogP contribution in [0.25, 0.3) is 10.4 Å². The summed E-state index contributed by atoms with van der Waals surface area (Å²) in [6, 6.07) is 5.77. The van der Waals surface area contributed by atoms with E-state index in [0.717, 1.165) is 16.1 Å². The zero-order valence-electron chi connectivity index (χ0n) is 9.78. The highest BCUT2D eigenvalue weighted by Gasteiger charge is 2.11. The van der Waals surface area contributed by atoms with Gasteiger partial charge in [0.1, 0.15) is 0 Å². The van der Waals surface area contributed by atoms with E-state index in [4.69, 9.17) is 21.1 Å². The summed E-state index contributed by atoms with van der Waals surface area (Å²) in [5.41, 5.74) is 1.96. The Morgan fingerprint density at radius 2 is 1.88 bits per heavy atom. The molecule has 1 aromatic heterocycles. The lowest BCUT2D eigenvalue weighted by atomic mass is 10.1. The van der Waals surface area contributed by atoms with Crippen molar-refractivity contribution in [3.63, 3.8) is 0 Å². The van der Waals surface area contributed by atoms with E-state index in [2.05, 4.69) is 4.98 Å². The molecule has 17 heavy (non-hydrogen) atoms. The Labute approximate surface area is 109 Å². The lowest BCUT2D eigenvalue weighted by molar-refractivity contribution is 0.355. The number of rotatable bonds is 3. The highest BCUT2D eigenvalue weighted by Crippen LogP contribution is 2.37. The molecular weight excluding hydrogens is 258 g/mol. The second-order valence-electron chi connectivity index (χ2n) is 3.45. The molecule has 0 aliphatic rings. The summed E-state index contributed by atoms with van der Waals surface area (Å²) in [4.78, 5) is 5.25. The van der Waals surface area contributed by atoms with Crippen molar-refractivity contribution in [2.75, 3.05) is 14.2 Å². The number of ether oxygens (including phenoxy) is 2. The van der Waals surface area contributed by atoms with E-state index in [-0.39, 0.29) is 0 Å². The first-order valence-corrected chi connectivity index (χ1v) is 6.20. The number of hydrogen-bond acceptors (Lipinski definition) is 4. The van der Waals surface area contributed by atoms with Crippen LogP contribution in [0.15, 0.2) is 18.2 Å². The minimum Gasteiger partial charge on any atom is -0.493 e. The normalized spacial score (nSPS) is 10.4. The Balaban J connectivity index is 2.50. The summed E-state index contributed by atoms with van der Waals surface area (Å²) in [7, 11) is 3.24. The van der Waals surface area contributed by atoms with E-state index in [1.165, 1.54) is 11.3 Å². The number of benzene rings is 1. The van der Waals surface area contributed by atoms with Crippen molar-refractivity contribution in [3.8, 4) is 21.9 Å². The van der Waals surface area contributed by atoms with Crippen LogP contribution in [-0.2, 0) is 0 Å². The molecule has 0 fully saturated rings. The Morgan fingerprint density at radius 1 is 1.18 bits per heavy atom. The monoisotopic (exact) mass is 269 g/mol. The van der Waals surface area contributed by atoms with Crippen molar-refractivity contribution in [1.82, 2.24) is 4.98 Å². The Morgan fingerprint density at radius 3 is 2.41 bits per heavy atom. The van der Waals surface area contributed by atoms with Gasteiger partial charge in [-0.3, -0.25) is 0 Å². The molecular formula is C12H12ClNO2S. The van der Waals surface area contributed by atoms with Crippen LogP contribution in [0.5, 0.6) is 11.5 Å². The molecule has 1 heterocycles. The van der Waals surface area contributed by atoms with Crippen molar-refractivity contribution in [3.05, 3.63) is 28.4 Å². The molecule has 0 atom stereocenters. The van der Waals surface area contributed by atoms with Crippen molar-refractivity contribution in [2.24, 2.45) is 0 Å². The Kier molecular flexibility index (Phi) is 3.54. The Bertz CT molecular complexity index is 539. The molecule has 0 bridgehead atoms. The summed E-state index contributed by atoms with van der Waals surface area (Å²) < 4.78 is 11.0. The van der Waals surface area contributed by atoms with Crippen LogP contribution in [0.1, 0.15) is 5.69 Å². The molecule has 0 aliphatic carbocycles. The lowest BCUT2D eigenvalue weighted by Gasteiger charge is -2.08. The molecule has 0 amide bonds. The largest absolute Gasteiger partial charge is 0.493 e. The van der Waals surface area contributed by atoms with Crippen molar-refractivity contribution in [2.45, 2.75) is 6.92 Å². The van der Waals surface area contributed by atoms with Crippen molar-refractivity contribution >= 4 is 22.9 Å². The highest BCUT2D eigenvalue weighted by molar-refractivity contribution is 7.19. The van der Waals surface area contributed by atoms with Gasteiger partial charge in [0.2, 0.25) is 0 Å². The van der Waals surface area contributed by atoms with Gasteiger partial charge in [-0.1, -0.05) is 11.6 Å². The van der Waals surface area contributed by atoms with Crippen LogP contribution in [0.4, 0.5) is 0 Å². The van der Waals surface area contributed by atoms with E-state index in [9.17, 15) is 0 Å². The summed E-state index contributed by atoms with van der Waals surface area (Å²) in [5, 5.41) is 0. The van der Waals surface area contributed by atoms with Crippen LogP contribution in [0.3, 0.4) is 0 Å². The fourth-order valence-corrected chi connectivity index (χ4v) is 2.76. The number of aryl methyl sites for hydroxylation is 1. The van der Waals surface area contributed by atoms with Gasteiger partial charge in [-0.25, -0.2) is 4.98 Å². The van der Waals surface area contributed by atoms with Crippen LogP contribution >= 0.6 is 22.9 Å². The maximum Gasteiger partial charge on any atom is 0.184 e. The molecule has 0 N–H and O–H groups in total. The predicted octanol–water partition coefficient (Wildman–Crippen LogP) is 3.79. The number of thiazole rings is 1. The molecule has 90 valence electrons. The number of aromatic nitrogens is 1. The lowest BCUT2D eigenvalue weighted by Crippen LogP contribution is -1.90. The van der Waals surface area contributed by atoms with Crippen molar-refractivity contribution < 1.29 is 9.47 Å². The molecule has 0 unspecified atom stereocenters. The molecule has 0 saturated heterocycles. The van der Waals surface area contributed by atoms with Gasteiger partial charge in [0.25, 0.3) is 0 Å². The highest BCUT2D eigenvalue weighted by atomic mass is 35.5. The molecule has 0 radical (unpaired) electrons. The van der Waals surface area contributed by atoms with E-state index < -0.39 is 0 Å². The first-order valence-electron chi connectivity index (χ1n) is 5.01. The van der Waals surface area contributed by atoms with Gasteiger partial charge >= 0.3 is 0 Å². The molecule has 0 saturated carbocycles. The van der Waals surface area contributed by atoms with Gasteiger partial charge in [-0.2, -0.15) is 0 Å². The third-order valence-electron chi connectivity index (χ3n) is 2.42. The standard InChI is InChI=1S/C12H12ClNO2S/c1-7-11(17-12(13)14-7)8-4-5-9(15-2)10(6-8)16-3/h4-6H,1-3H3. The minimum atomic E-state index is 0.548. The first-order chi connectivity index (χ1) is 8.15. The number of halogens is 1. The molecule has 0 aliphatic heterocycles. The topological polar surface area (TPSA) is 31.4 Å². The summed E-state index contributed by atoms with van der Waals surface area (Å²) in [6.07, 6.45) is 0. The number of methoxy groups -OCH3 is 2. The fourth-order valence-electron chi connectivity index (χ4n) is 1.61. The summed E-state index contributed by atoms with van der Waals surface area (Å²) >= 11 is 7.36. The average Bonchev–Trinajstić information content (AvgIpc) is 2.67. The average molecular weight is 270 g/mol. The van der Waals surface area contributed by atoms with E-state index in [1.807, 2.05) is 25.1 Å². The molecule has 1 aromatic carbocycles. The third kappa shape index (κ3) is 2.37. The molecule has 3 nitrogen and oxygen atoms in total. The second-order valence-corrected chi connectivity index (χ2v) is 5.03. The molecule has 2 rings (SSSR count). The summed E-state index contributed by atoms with van der Waals surface area (Å²) in [5.74, 6) is 1.42. The predicted molar refractivity (Wildman–Crippen MR) is 70.4 cm³/mol. The summed E-state index contributed by atoms with van der Waals surface area (Å²) in [6.45, 7) is 1.94. The zero-order valence-corrected chi connectivity index (χ0v) is 11.4. The van der Waals surface area contributed by atoms with Gasteiger partial charge in [-0.15, -0.1) is 11.3 Å². The van der Waals surface area contributed by atoms with Gasteiger partial charge in [0.15, 0.2) is 16.0 Å². The molecule has 2 aromatic rings. The van der Waals surface area contributed by atoms with Gasteiger partial charge in [0.05, 0.1) is 24.8 Å². The quantitative estimate of drug-likeness (QED) is 0.850. The third-order valence-corrected chi connectivity index (χ3v) is 3.73. The number of nitrogens with zero attached hydrogens (tertiary/aromatic N) is 1. The second kappa shape index (κ2) is 4.94. The SMILES string of the molecule is COc1ccc(-c2sc(Cl)nc2C)cc1OC. The van der Waals surface area contributed by atoms with Crippen LogP contribution in [0.2, 0.25) is 4.47 Å². The van der Waals surface area contributed by atoms with Crippen LogP contribution < -0.4 is 9.47 Å². The first kappa shape index (κ1) is 12.2. The smallest absolute Gasteiger partial charge is 0.184 e. The fraction of sp³-hybridized carbons (Fsp3) is 0.250. The number of hydrogen-bond donors (Lipinski definition) is 0. The van der Waals surface area contributed by atoms with E-state index in [0.29, 0.717) is 16.0 Å². The van der Waals surface area contributed by atoms with Crippen LogP contribution in [0, 0.1) is 6.92 Å². The maximum absolute atomic E-state index is 5.90.